The third-order valence-corrected chi connectivity index (χ3v) is 1.79. The number of hydrogen-bond donors (Lipinski definition) is 1. The maximum absolute atomic E-state index is 8.65. The highest BCUT2D eigenvalue weighted by Crippen LogP contribution is 2.11. The summed E-state index contributed by atoms with van der Waals surface area (Å²) in [6.07, 6.45) is 0. The minimum Gasteiger partial charge on any atom is -0.326 e. The molecule has 3 heteroatoms. The fourth-order valence-corrected chi connectivity index (χ4v) is 1.03. The SMILES string of the molecule is Cc1c(C#N)cccc1CN.Cl. The van der Waals surface area contributed by atoms with Gasteiger partial charge < -0.3 is 5.73 Å². The second kappa shape index (κ2) is 4.76. The third kappa shape index (κ3) is 1.97. The van der Waals surface area contributed by atoms with E-state index in [2.05, 4.69) is 6.07 Å². The van der Waals surface area contributed by atoms with E-state index in [0.29, 0.717) is 12.1 Å². The van der Waals surface area contributed by atoms with Gasteiger partial charge in [-0.15, -0.1) is 12.4 Å². The van der Waals surface area contributed by atoms with E-state index in [1.165, 1.54) is 0 Å². The van der Waals surface area contributed by atoms with Gasteiger partial charge in [-0.25, -0.2) is 0 Å². The molecule has 0 unspecified atom stereocenters. The fourth-order valence-electron chi connectivity index (χ4n) is 1.03. The lowest BCUT2D eigenvalue weighted by atomic mass is 10.0. The van der Waals surface area contributed by atoms with Crippen LogP contribution in [0.1, 0.15) is 16.7 Å². The summed E-state index contributed by atoms with van der Waals surface area (Å²) >= 11 is 0. The van der Waals surface area contributed by atoms with E-state index in [4.69, 9.17) is 11.0 Å². The van der Waals surface area contributed by atoms with E-state index in [0.717, 1.165) is 11.1 Å². The quantitative estimate of drug-likeness (QED) is 0.720. The lowest BCUT2D eigenvalue weighted by molar-refractivity contribution is 1.05. The molecule has 0 saturated carbocycles. The summed E-state index contributed by atoms with van der Waals surface area (Å²) in [5.74, 6) is 0. The van der Waals surface area contributed by atoms with Crippen LogP contribution in [0.4, 0.5) is 0 Å². The summed E-state index contributed by atoms with van der Waals surface area (Å²) in [4.78, 5) is 0. The van der Waals surface area contributed by atoms with Gasteiger partial charge in [-0.3, -0.25) is 0 Å². The third-order valence-electron chi connectivity index (χ3n) is 1.79. The lowest BCUT2D eigenvalue weighted by Gasteiger charge is -2.02. The molecule has 0 fully saturated rings. The van der Waals surface area contributed by atoms with Gasteiger partial charge in [-0.05, 0) is 24.1 Å². The molecule has 0 bridgehead atoms. The van der Waals surface area contributed by atoms with Crippen molar-refractivity contribution in [2.75, 3.05) is 0 Å². The summed E-state index contributed by atoms with van der Waals surface area (Å²) in [7, 11) is 0. The molecule has 1 aromatic rings. The molecule has 0 aliphatic rings. The first-order chi connectivity index (χ1) is 5.29. The number of benzene rings is 1. The molecule has 2 N–H and O–H groups in total. The second-order valence-corrected chi connectivity index (χ2v) is 2.41. The Balaban J connectivity index is 0.00000121. The Kier molecular flexibility index (Phi) is 4.35. The van der Waals surface area contributed by atoms with E-state index in [9.17, 15) is 0 Å². The summed E-state index contributed by atoms with van der Waals surface area (Å²) in [5.41, 5.74) is 8.22. The average Bonchev–Trinajstić information content (AvgIpc) is 2.05. The Labute approximate surface area is 78.4 Å². The first kappa shape index (κ1) is 11.0. The van der Waals surface area contributed by atoms with Crippen LogP contribution in [-0.2, 0) is 6.54 Å². The highest BCUT2D eigenvalue weighted by molar-refractivity contribution is 5.85. The van der Waals surface area contributed by atoms with Crippen LogP contribution in [0, 0.1) is 18.3 Å². The van der Waals surface area contributed by atoms with Gasteiger partial charge in [-0.1, -0.05) is 12.1 Å². The van der Waals surface area contributed by atoms with Crippen molar-refractivity contribution >= 4 is 12.4 Å². The van der Waals surface area contributed by atoms with E-state index in [1.807, 2.05) is 19.1 Å². The van der Waals surface area contributed by atoms with Crippen molar-refractivity contribution in [2.24, 2.45) is 5.73 Å². The molecule has 0 spiro atoms. The normalized spacial score (nSPS) is 8.42. The molecule has 1 rings (SSSR count). The zero-order valence-corrected chi connectivity index (χ0v) is 7.69. The van der Waals surface area contributed by atoms with Gasteiger partial charge in [0, 0.05) is 6.54 Å². The highest BCUT2D eigenvalue weighted by atomic mass is 35.5. The van der Waals surface area contributed by atoms with Crippen molar-refractivity contribution in [3.63, 3.8) is 0 Å². The largest absolute Gasteiger partial charge is 0.326 e. The second-order valence-electron chi connectivity index (χ2n) is 2.41. The van der Waals surface area contributed by atoms with Gasteiger partial charge in [-0.2, -0.15) is 5.26 Å². The number of rotatable bonds is 1. The van der Waals surface area contributed by atoms with Crippen LogP contribution in [0.2, 0.25) is 0 Å². The summed E-state index contributed by atoms with van der Waals surface area (Å²) in [5, 5.41) is 8.65. The van der Waals surface area contributed by atoms with Crippen LogP contribution in [0.15, 0.2) is 18.2 Å². The van der Waals surface area contributed by atoms with Crippen molar-refractivity contribution in [3.8, 4) is 6.07 Å². The van der Waals surface area contributed by atoms with Gasteiger partial charge in [0.2, 0.25) is 0 Å². The maximum Gasteiger partial charge on any atom is 0.0994 e. The molecule has 12 heavy (non-hydrogen) atoms. The molecule has 0 saturated heterocycles. The predicted octanol–water partition coefficient (Wildman–Crippen LogP) is 1.75. The zero-order valence-electron chi connectivity index (χ0n) is 6.87. The molecule has 2 nitrogen and oxygen atoms in total. The molecule has 0 aliphatic carbocycles. The Morgan fingerprint density at radius 3 is 2.67 bits per heavy atom. The molecule has 0 aromatic heterocycles. The molecule has 0 radical (unpaired) electrons. The average molecular weight is 183 g/mol. The van der Waals surface area contributed by atoms with E-state index >= 15 is 0 Å². The molecule has 0 amide bonds. The summed E-state index contributed by atoms with van der Waals surface area (Å²) < 4.78 is 0. The summed E-state index contributed by atoms with van der Waals surface area (Å²) in [6.45, 7) is 2.42. The Morgan fingerprint density at radius 2 is 2.17 bits per heavy atom. The summed E-state index contributed by atoms with van der Waals surface area (Å²) in [6, 6.07) is 7.71. The van der Waals surface area contributed by atoms with Crippen LogP contribution in [0.5, 0.6) is 0 Å². The number of nitriles is 1. The van der Waals surface area contributed by atoms with Gasteiger partial charge in [0.15, 0.2) is 0 Å². The van der Waals surface area contributed by atoms with Crippen molar-refractivity contribution in [3.05, 3.63) is 34.9 Å². The van der Waals surface area contributed by atoms with Crippen molar-refractivity contribution < 1.29 is 0 Å². The van der Waals surface area contributed by atoms with Crippen molar-refractivity contribution in [1.82, 2.24) is 0 Å². The van der Waals surface area contributed by atoms with E-state index in [-0.39, 0.29) is 12.4 Å². The van der Waals surface area contributed by atoms with E-state index in [1.54, 1.807) is 6.07 Å². The van der Waals surface area contributed by atoms with Crippen molar-refractivity contribution in [2.45, 2.75) is 13.5 Å². The zero-order chi connectivity index (χ0) is 8.27. The number of hydrogen-bond acceptors (Lipinski definition) is 2. The fraction of sp³-hybridized carbons (Fsp3) is 0.222. The smallest absolute Gasteiger partial charge is 0.0994 e. The minimum absolute atomic E-state index is 0. The Hall–Kier alpha value is -1.04. The monoisotopic (exact) mass is 182 g/mol. The Morgan fingerprint density at radius 1 is 1.50 bits per heavy atom. The van der Waals surface area contributed by atoms with Gasteiger partial charge in [0.1, 0.15) is 0 Å². The molecule has 0 atom stereocenters. The number of nitrogens with zero attached hydrogens (tertiary/aromatic N) is 1. The minimum atomic E-state index is 0. The number of nitrogens with two attached hydrogens (primary N) is 1. The first-order valence-electron chi connectivity index (χ1n) is 3.48. The Bertz CT molecular complexity index is 302. The standard InChI is InChI=1S/C9H10N2.ClH/c1-7-8(5-10)3-2-4-9(7)6-11;/h2-4H,5,10H2,1H3;1H. The van der Waals surface area contributed by atoms with Crippen LogP contribution in [0.3, 0.4) is 0 Å². The maximum atomic E-state index is 8.65. The predicted molar refractivity (Wildman–Crippen MR) is 51.0 cm³/mol. The molecule has 1 aromatic carbocycles. The van der Waals surface area contributed by atoms with Gasteiger partial charge in [0.05, 0.1) is 11.6 Å². The first-order valence-corrected chi connectivity index (χ1v) is 3.48. The molecule has 0 heterocycles. The van der Waals surface area contributed by atoms with Gasteiger partial charge >= 0.3 is 0 Å². The molecular weight excluding hydrogens is 172 g/mol. The molecule has 64 valence electrons. The van der Waals surface area contributed by atoms with Gasteiger partial charge in [0.25, 0.3) is 0 Å². The van der Waals surface area contributed by atoms with Crippen LogP contribution in [0.25, 0.3) is 0 Å². The topological polar surface area (TPSA) is 49.8 Å². The van der Waals surface area contributed by atoms with Crippen LogP contribution in [-0.4, -0.2) is 0 Å². The lowest BCUT2D eigenvalue weighted by Crippen LogP contribution is -1.99. The highest BCUT2D eigenvalue weighted by Gasteiger charge is 1.99. The molecule has 0 aliphatic heterocycles. The van der Waals surface area contributed by atoms with Crippen LogP contribution >= 0.6 is 12.4 Å². The molecular formula is C9H11ClN2. The number of halogens is 1. The van der Waals surface area contributed by atoms with E-state index < -0.39 is 0 Å². The van der Waals surface area contributed by atoms with Crippen molar-refractivity contribution in [1.29, 1.82) is 5.26 Å². The van der Waals surface area contributed by atoms with Crippen LogP contribution < -0.4 is 5.73 Å².